The number of methoxy groups -OCH3 is 4. The lowest BCUT2D eigenvalue weighted by molar-refractivity contribution is 0.414. The summed E-state index contributed by atoms with van der Waals surface area (Å²) < 4.78 is 21.7. The molecule has 0 spiro atoms. The van der Waals surface area contributed by atoms with Gasteiger partial charge in [0.15, 0.2) is 0 Å². The van der Waals surface area contributed by atoms with E-state index in [-0.39, 0.29) is 0 Å². The molecule has 0 heterocycles. The Hall–Kier alpha value is -4.12. The number of hydrogen-bond donors (Lipinski definition) is 0. The van der Waals surface area contributed by atoms with Crippen molar-refractivity contribution in [3.8, 4) is 23.0 Å². The summed E-state index contributed by atoms with van der Waals surface area (Å²) in [5, 5.41) is 0. The Labute approximate surface area is 257 Å². The molecule has 0 unspecified atom stereocenters. The third kappa shape index (κ3) is 5.40. The quantitative estimate of drug-likeness (QED) is 0.119. The molecule has 214 valence electrons. The van der Waals surface area contributed by atoms with Gasteiger partial charge in [0.2, 0.25) is 0 Å². The normalized spacial score (nSPS) is 11.6. The van der Waals surface area contributed by atoms with E-state index in [1.54, 1.807) is 28.4 Å². The first kappa shape index (κ1) is 29.4. The predicted octanol–water partition coefficient (Wildman–Crippen LogP) is 8.78. The van der Waals surface area contributed by atoms with Crippen LogP contribution in [0, 0.1) is 0 Å². The zero-order valence-corrected chi connectivity index (χ0v) is 25.4. The Morgan fingerprint density at radius 2 is 0.595 bits per heavy atom. The van der Waals surface area contributed by atoms with Crippen LogP contribution in [0.5, 0.6) is 23.0 Å². The van der Waals surface area contributed by atoms with Crippen LogP contribution in [0.4, 0.5) is 0 Å². The lowest BCUT2D eigenvalue weighted by Crippen LogP contribution is -2.26. The van der Waals surface area contributed by atoms with Crippen LogP contribution in [0.25, 0.3) is 0 Å². The van der Waals surface area contributed by atoms with E-state index in [1.165, 1.54) is 0 Å². The van der Waals surface area contributed by atoms with Crippen LogP contribution in [0.3, 0.4) is 0 Å². The van der Waals surface area contributed by atoms with Crippen molar-refractivity contribution >= 4 is 23.2 Å². The van der Waals surface area contributed by atoms with Crippen molar-refractivity contribution in [3.05, 3.63) is 155 Å². The zero-order valence-electron chi connectivity index (χ0n) is 23.9. The van der Waals surface area contributed by atoms with Crippen molar-refractivity contribution in [2.75, 3.05) is 28.4 Å². The Kier molecular flexibility index (Phi) is 8.67. The van der Waals surface area contributed by atoms with E-state index >= 15 is 0 Å². The molecule has 0 aromatic heterocycles. The molecule has 0 saturated carbocycles. The van der Waals surface area contributed by atoms with E-state index in [4.69, 9.17) is 42.1 Å². The van der Waals surface area contributed by atoms with Crippen LogP contribution < -0.4 is 18.9 Å². The summed E-state index contributed by atoms with van der Waals surface area (Å²) in [5.74, 6) is 3.00. The molecule has 0 saturated heterocycles. The molecule has 0 atom stereocenters. The fourth-order valence-electron chi connectivity index (χ4n) is 5.23. The largest absolute Gasteiger partial charge is 0.497 e. The molecule has 5 aromatic carbocycles. The minimum Gasteiger partial charge on any atom is -0.497 e. The van der Waals surface area contributed by atoms with Crippen molar-refractivity contribution in [1.29, 1.82) is 0 Å². The first-order valence-electron chi connectivity index (χ1n) is 13.4. The van der Waals surface area contributed by atoms with Gasteiger partial charge in [0.1, 0.15) is 32.7 Å². The van der Waals surface area contributed by atoms with Crippen molar-refractivity contribution < 1.29 is 18.9 Å². The van der Waals surface area contributed by atoms with E-state index in [9.17, 15) is 0 Å². The summed E-state index contributed by atoms with van der Waals surface area (Å²) in [6, 6.07) is 39.4. The van der Waals surface area contributed by atoms with Crippen molar-refractivity contribution in [2.24, 2.45) is 0 Å². The molecule has 0 radical (unpaired) electrons. The lowest BCUT2D eigenvalue weighted by Gasteiger charge is -2.33. The molecule has 0 aliphatic carbocycles. The van der Waals surface area contributed by atoms with E-state index in [0.29, 0.717) is 0 Å². The third-order valence-corrected chi connectivity index (χ3v) is 8.92. The lowest BCUT2D eigenvalue weighted by atomic mass is 9.79. The summed E-state index contributed by atoms with van der Waals surface area (Å²) in [4.78, 5) is -2.07. The molecule has 0 fully saturated rings. The fourth-order valence-corrected chi connectivity index (χ4v) is 5.97. The van der Waals surface area contributed by atoms with Gasteiger partial charge < -0.3 is 18.9 Å². The molecule has 0 aliphatic rings. The summed E-state index contributed by atoms with van der Waals surface area (Å²) in [6.07, 6.45) is 0. The second-order valence-electron chi connectivity index (χ2n) is 9.81. The van der Waals surface area contributed by atoms with Crippen LogP contribution in [-0.4, -0.2) is 28.4 Å². The van der Waals surface area contributed by atoms with E-state index in [0.717, 1.165) is 56.4 Å². The zero-order chi connectivity index (χ0) is 29.7. The first-order valence-corrected chi connectivity index (χ1v) is 14.2. The van der Waals surface area contributed by atoms with E-state index < -0.39 is 9.75 Å². The van der Waals surface area contributed by atoms with Crippen LogP contribution in [-0.2, 0) is 9.75 Å². The number of rotatable bonds is 10. The van der Waals surface area contributed by atoms with Gasteiger partial charge in [-0.2, -0.15) is 0 Å². The average molecular weight is 600 g/mol. The monoisotopic (exact) mass is 598 g/mol. The number of halogens is 2. The van der Waals surface area contributed by atoms with Crippen molar-refractivity contribution in [3.63, 3.8) is 0 Å². The van der Waals surface area contributed by atoms with Gasteiger partial charge in [-0.15, -0.1) is 23.2 Å². The van der Waals surface area contributed by atoms with Gasteiger partial charge in [0.05, 0.1) is 28.4 Å². The van der Waals surface area contributed by atoms with Gasteiger partial charge in [0.25, 0.3) is 0 Å². The minimum absolute atomic E-state index is 0.750. The highest BCUT2D eigenvalue weighted by Crippen LogP contribution is 2.48. The van der Waals surface area contributed by atoms with Gasteiger partial charge in [-0.25, -0.2) is 0 Å². The molecule has 6 heteroatoms. The Morgan fingerprint density at radius 1 is 0.357 bits per heavy atom. The number of alkyl halides is 2. The molecule has 0 aliphatic heterocycles. The summed E-state index contributed by atoms with van der Waals surface area (Å²) in [6.45, 7) is 0. The summed E-state index contributed by atoms with van der Waals surface area (Å²) in [7, 11) is 6.59. The minimum atomic E-state index is -1.04. The van der Waals surface area contributed by atoms with Gasteiger partial charge in [-0.05, 0) is 81.9 Å². The van der Waals surface area contributed by atoms with E-state index in [1.807, 2.05) is 115 Å². The maximum atomic E-state index is 7.74. The van der Waals surface area contributed by atoms with Gasteiger partial charge in [-0.1, -0.05) is 72.8 Å². The molecule has 0 N–H and O–H groups in total. The number of ether oxygens (including phenoxy) is 4. The molecule has 0 amide bonds. The highest BCUT2D eigenvalue weighted by atomic mass is 35.5. The van der Waals surface area contributed by atoms with Crippen LogP contribution in [0.1, 0.15) is 33.4 Å². The molecule has 5 aromatic rings. The standard InChI is InChI=1S/C36H32Cl2O4/c1-39-31-16-8-25(9-17-31)35(37,26-10-18-32(40-2)19-11-26)29-6-5-7-30(24-29)36(38,27-12-20-33(41-3)21-13-27)28-14-22-34(42-4)23-15-28/h5-24H,1-4H3. The van der Waals surface area contributed by atoms with Gasteiger partial charge >= 0.3 is 0 Å². The molecular formula is C36H32Cl2O4. The Bertz CT molecular complexity index is 1400. The SMILES string of the molecule is COc1ccc(C(Cl)(c2ccc(OC)cc2)c2cccc(C(Cl)(c3ccc(OC)cc3)c3ccc(OC)cc3)c2)cc1. The van der Waals surface area contributed by atoms with Crippen LogP contribution >= 0.6 is 23.2 Å². The molecule has 4 nitrogen and oxygen atoms in total. The average Bonchev–Trinajstić information content (AvgIpc) is 3.07. The first-order chi connectivity index (χ1) is 20.4. The maximum absolute atomic E-state index is 7.74. The second-order valence-corrected chi connectivity index (χ2v) is 10.9. The molecular weight excluding hydrogens is 567 g/mol. The van der Waals surface area contributed by atoms with Gasteiger partial charge in [-0.3, -0.25) is 0 Å². The van der Waals surface area contributed by atoms with Crippen molar-refractivity contribution in [2.45, 2.75) is 9.75 Å². The van der Waals surface area contributed by atoms with Crippen LogP contribution in [0.15, 0.2) is 121 Å². The maximum Gasteiger partial charge on any atom is 0.119 e. The highest BCUT2D eigenvalue weighted by molar-refractivity contribution is 6.29. The molecule has 0 bridgehead atoms. The van der Waals surface area contributed by atoms with Crippen LogP contribution in [0.2, 0.25) is 0 Å². The highest BCUT2D eigenvalue weighted by Gasteiger charge is 2.38. The Balaban J connectivity index is 1.72. The topological polar surface area (TPSA) is 36.9 Å². The number of benzene rings is 5. The van der Waals surface area contributed by atoms with E-state index in [2.05, 4.69) is 6.07 Å². The second kappa shape index (κ2) is 12.4. The predicted molar refractivity (Wildman–Crippen MR) is 170 cm³/mol. The van der Waals surface area contributed by atoms with Gasteiger partial charge in [0, 0.05) is 0 Å². The summed E-state index contributed by atoms with van der Waals surface area (Å²) >= 11 is 15.5. The van der Waals surface area contributed by atoms with Crippen molar-refractivity contribution in [1.82, 2.24) is 0 Å². The number of hydrogen-bond acceptors (Lipinski definition) is 4. The fraction of sp³-hybridized carbons (Fsp3) is 0.167. The third-order valence-electron chi connectivity index (χ3n) is 7.61. The molecule has 5 rings (SSSR count). The smallest absolute Gasteiger partial charge is 0.119 e. The molecule has 42 heavy (non-hydrogen) atoms. The Morgan fingerprint density at radius 3 is 0.810 bits per heavy atom. The summed E-state index contributed by atoms with van der Waals surface area (Å²) in [5.41, 5.74) is 5.29.